The van der Waals surface area contributed by atoms with Crippen molar-refractivity contribution in [2.45, 2.75) is 19.3 Å². The Labute approximate surface area is 214 Å². The van der Waals surface area contributed by atoms with Crippen LogP contribution in [0.5, 0.6) is 0 Å². The second kappa shape index (κ2) is 9.61. The van der Waals surface area contributed by atoms with Gasteiger partial charge in [-0.3, -0.25) is 4.68 Å². The summed E-state index contributed by atoms with van der Waals surface area (Å²) in [6, 6.07) is 8.81. The van der Waals surface area contributed by atoms with E-state index in [0.29, 0.717) is 0 Å². The second-order valence-corrected chi connectivity index (χ2v) is 9.35. The molecule has 10 heteroatoms. The normalized spacial score (nSPS) is 14.9. The standard InChI is InChI=1S/C27H28FN9/c1-3-24(19-4-6-23(28)7-5-19)21-13-29-27(30-14-21)36-10-8-35(9-11-36)26-25-12-20(17-37(25)33-18-31-26)22-15-32-34(2)16-22/h4-7,12-18,24H,3,8-11H2,1-2H3. The van der Waals surface area contributed by atoms with E-state index in [2.05, 4.69) is 47.9 Å². The van der Waals surface area contributed by atoms with Gasteiger partial charge in [-0.05, 0) is 35.7 Å². The zero-order chi connectivity index (χ0) is 25.4. The van der Waals surface area contributed by atoms with Gasteiger partial charge in [-0.15, -0.1) is 0 Å². The zero-order valence-corrected chi connectivity index (χ0v) is 20.9. The predicted octanol–water partition coefficient (Wildman–Crippen LogP) is 3.93. The maximum atomic E-state index is 13.4. The Morgan fingerprint density at radius 2 is 1.57 bits per heavy atom. The molecule has 188 valence electrons. The van der Waals surface area contributed by atoms with Crippen LogP contribution in [0.3, 0.4) is 0 Å². The fourth-order valence-electron chi connectivity index (χ4n) is 5.04. The molecule has 6 rings (SSSR count). The first-order valence-electron chi connectivity index (χ1n) is 12.5. The number of rotatable bonds is 6. The van der Waals surface area contributed by atoms with Crippen LogP contribution in [-0.2, 0) is 7.05 Å². The first kappa shape index (κ1) is 23.1. The molecule has 1 aliphatic rings. The van der Waals surface area contributed by atoms with Crippen molar-refractivity contribution in [3.63, 3.8) is 0 Å². The SMILES string of the molecule is CCC(c1ccc(F)cc1)c1cnc(N2CCN(c3ncnn4cc(-c5cnn(C)c5)cc34)CC2)nc1. The van der Waals surface area contributed by atoms with Crippen molar-refractivity contribution >= 4 is 17.3 Å². The molecule has 1 saturated heterocycles. The lowest BCUT2D eigenvalue weighted by atomic mass is 9.91. The molecule has 0 saturated carbocycles. The lowest BCUT2D eigenvalue weighted by Gasteiger charge is -2.35. The Bertz CT molecular complexity index is 1500. The molecule has 1 atom stereocenters. The molecule has 0 radical (unpaired) electrons. The maximum absolute atomic E-state index is 13.4. The molecule has 5 heterocycles. The highest BCUT2D eigenvalue weighted by Gasteiger charge is 2.23. The van der Waals surface area contributed by atoms with Crippen LogP contribution >= 0.6 is 0 Å². The van der Waals surface area contributed by atoms with Crippen LogP contribution in [0, 0.1) is 5.82 Å². The number of nitrogens with zero attached hydrogens (tertiary/aromatic N) is 9. The van der Waals surface area contributed by atoms with Crippen LogP contribution in [0.1, 0.15) is 30.4 Å². The number of fused-ring (bicyclic) bond motifs is 1. The van der Waals surface area contributed by atoms with Gasteiger partial charge in [0.25, 0.3) is 0 Å². The molecule has 5 aromatic rings. The summed E-state index contributed by atoms with van der Waals surface area (Å²) in [7, 11) is 1.91. The fraction of sp³-hybridized carbons (Fsp3) is 0.296. The molecule has 1 aromatic carbocycles. The summed E-state index contributed by atoms with van der Waals surface area (Å²) in [5.41, 5.74) is 5.20. The summed E-state index contributed by atoms with van der Waals surface area (Å²) >= 11 is 0. The summed E-state index contributed by atoms with van der Waals surface area (Å²) in [6.45, 7) is 5.31. The highest BCUT2D eigenvalue weighted by Crippen LogP contribution is 2.29. The molecule has 9 nitrogen and oxygen atoms in total. The van der Waals surface area contributed by atoms with E-state index in [-0.39, 0.29) is 11.7 Å². The molecular weight excluding hydrogens is 469 g/mol. The average Bonchev–Trinajstić information content (AvgIpc) is 3.57. The van der Waals surface area contributed by atoms with E-state index in [9.17, 15) is 4.39 Å². The molecule has 0 amide bonds. The fourth-order valence-corrected chi connectivity index (χ4v) is 5.04. The third kappa shape index (κ3) is 4.50. The van der Waals surface area contributed by atoms with Crippen molar-refractivity contribution in [3.05, 3.63) is 84.6 Å². The van der Waals surface area contributed by atoms with Crippen molar-refractivity contribution in [2.75, 3.05) is 36.0 Å². The van der Waals surface area contributed by atoms with Crippen LogP contribution < -0.4 is 9.80 Å². The van der Waals surface area contributed by atoms with Gasteiger partial charge in [0.05, 0.1) is 6.20 Å². The molecule has 1 aliphatic heterocycles. The van der Waals surface area contributed by atoms with Gasteiger partial charge < -0.3 is 9.80 Å². The average molecular weight is 498 g/mol. The van der Waals surface area contributed by atoms with Gasteiger partial charge in [-0.1, -0.05) is 19.1 Å². The summed E-state index contributed by atoms with van der Waals surface area (Å²) in [6.07, 6.45) is 12.2. The third-order valence-electron chi connectivity index (χ3n) is 7.03. The second-order valence-electron chi connectivity index (χ2n) is 9.35. The molecule has 4 aromatic heterocycles. The Morgan fingerprint density at radius 1 is 0.838 bits per heavy atom. The minimum atomic E-state index is -0.224. The first-order valence-corrected chi connectivity index (χ1v) is 12.5. The Morgan fingerprint density at radius 3 is 2.24 bits per heavy atom. The third-order valence-corrected chi connectivity index (χ3v) is 7.03. The number of anilines is 2. The molecule has 1 fully saturated rings. The predicted molar refractivity (Wildman–Crippen MR) is 140 cm³/mol. The molecule has 0 spiro atoms. The number of hydrogen-bond donors (Lipinski definition) is 0. The lowest BCUT2D eigenvalue weighted by Crippen LogP contribution is -2.47. The van der Waals surface area contributed by atoms with Gasteiger partial charge in [0.2, 0.25) is 5.95 Å². The van der Waals surface area contributed by atoms with Crippen molar-refractivity contribution in [2.24, 2.45) is 7.05 Å². The van der Waals surface area contributed by atoms with Gasteiger partial charge in [-0.25, -0.2) is 23.9 Å². The Balaban J connectivity index is 1.16. The topological polar surface area (TPSA) is 80.3 Å². The largest absolute Gasteiger partial charge is 0.351 e. The van der Waals surface area contributed by atoms with Crippen molar-refractivity contribution in [1.82, 2.24) is 34.3 Å². The van der Waals surface area contributed by atoms with E-state index in [0.717, 1.165) is 72.1 Å². The van der Waals surface area contributed by atoms with E-state index in [4.69, 9.17) is 0 Å². The van der Waals surface area contributed by atoms with E-state index in [1.165, 1.54) is 12.1 Å². The summed E-state index contributed by atoms with van der Waals surface area (Å²) in [5, 5.41) is 8.69. The van der Waals surface area contributed by atoms with E-state index in [1.807, 2.05) is 54.7 Å². The zero-order valence-electron chi connectivity index (χ0n) is 20.9. The number of piperazine rings is 1. The van der Waals surface area contributed by atoms with E-state index < -0.39 is 0 Å². The molecule has 0 N–H and O–H groups in total. The van der Waals surface area contributed by atoms with Gasteiger partial charge >= 0.3 is 0 Å². The van der Waals surface area contributed by atoms with Gasteiger partial charge in [0.1, 0.15) is 17.7 Å². The van der Waals surface area contributed by atoms with Crippen molar-refractivity contribution in [3.8, 4) is 11.1 Å². The summed E-state index contributed by atoms with van der Waals surface area (Å²) in [5.74, 6) is 1.57. The summed E-state index contributed by atoms with van der Waals surface area (Å²) < 4.78 is 17.0. The van der Waals surface area contributed by atoms with Crippen molar-refractivity contribution < 1.29 is 4.39 Å². The van der Waals surface area contributed by atoms with Crippen LogP contribution in [0.2, 0.25) is 0 Å². The van der Waals surface area contributed by atoms with Gasteiger partial charge in [0.15, 0.2) is 5.82 Å². The van der Waals surface area contributed by atoms with Crippen LogP contribution in [-0.4, -0.2) is 60.5 Å². The first-order chi connectivity index (χ1) is 18.1. The molecule has 37 heavy (non-hydrogen) atoms. The van der Waals surface area contributed by atoms with Crippen LogP contribution in [0.15, 0.2) is 67.6 Å². The monoisotopic (exact) mass is 497 g/mol. The molecule has 0 aliphatic carbocycles. The van der Waals surface area contributed by atoms with Crippen LogP contribution in [0.4, 0.5) is 16.2 Å². The Hall–Kier alpha value is -4.34. The minimum Gasteiger partial charge on any atom is -0.351 e. The Kier molecular flexibility index (Phi) is 5.99. The quantitative estimate of drug-likeness (QED) is 0.352. The maximum Gasteiger partial charge on any atom is 0.225 e. The molecule has 1 unspecified atom stereocenters. The smallest absolute Gasteiger partial charge is 0.225 e. The van der Waals surface area contributed by atoms with Crippen molar-refractivity contribution in [1.29, 1.82) is 0 Å². The number of aromatic nitrogens is 7. The van der Waals surface area contributed by atoms with E-state index in [1.54, 1.807) is 11.0 Å². The lowest BCUT2D eigenvalue weighted by molar-refractivity contribution is 0.625. The molecular formula is C27H28FN9. The number of aryl methyl sites for hydroxylation is 1. The molecule has 0 bridgehead atoms. The van der Waals surface area contributed by atoms with Gasteiger partial charge in [-0.2, -0.15) is 10.2 Å². The number of halogens is 1. The number of benzene rings is 1. The summed E-state index contributed by atoms with van der Waals surface area (Å²) in [4.78, 5) is 18.5. The highest BCUT2D eigenvalue weighted by atomic mass is 19.1. The van der Waals surface area contributed by atoms with E-state index >= 15 is 0 Å². The van der Waals surface area contributed by atoms with Crippen LogP contribution in [0.25, 0.3) is 16.6 Å². The highest BCUT2D eigenvalue weighted by molar-refractivity contribution is 5.77. The van der Waals surface area contributed by atoms with Gasteiger partial charge in [0, 0.05) is 75.1 Å². The minimum absolute atomic E-state index is 0.144. The number of hydrogen-bond acceptors (Lipinski definition) is 7.